The molecule has 1 unspecified atom stereocenters. The zero-order valence-electron chi connectivity index (χ0n) is 12.9. The van der Waals surface area contributed by atoms with Crippen LogP contribution in [0.25, 0.3) is 0 Å². The van der Waals surface area contributed by atoms with Crippen LogP contribution in [0.15, 0.2) is 0 Å². The number of aliphatic carboxylic acids is 1. The van der Waals surface area contributed by atoms with Gasteiger partial charge in [0, 0.05) is 33.4 Å². The van der Waals surface area contributed by atoms with E-state index in [2.05, 4.69) is 19.2 Å². The molecule has 1 aliphatic heterocycles. The summed E-state index contributed by atoms with van der Waals surface area (Å²) in [6.45, 7) is 7.79. The molecule has 0 bridgehead atoms. The van der Waals surface area contributed by atoms with E-state index in [1.54, 1.807) is 18.9 Å². The van der Waals surface area contributed by atoms with E-state index in [-0.39, 0.29) is 18.0 Å². The normalized spacial score (nSPS) is 22.9. The van der Waals surface area contributed by atoms with Crippen LogP contribution in [-0.4, -0.2) is 55.4 Å². The van der Waals surface area contributed by atoms with E-state index in [0.29, 0.717) is 26.1 Å². The molecule has 116 valence electrons. The Hall–Kier alpha value is -1.30. The molecule has 0 aliphatic carbocycles. The number of rotatable bonds is 6. The summed E-state index contributed by atoms with van der Waals surface area (Å²) < 4.78 is 5.05. The van der Waals surface area contributed by atoms with Gasteiger partial charge in [-0.05, 0) is 25.2 Å². The summed E-state index contributed by atoms with van der Waals surface area (Å²) in [5.74, 6) is -0.840. The van der Waals surface area contributed by atoms with Crippen LogP contribution in [0.1, 0.15) is 33.6 Å². The van der Waals surface area contributed by atoms with Gasteiger partial charge in [0.25, 0.3) is 0 Å². The number of carbonyl (C=O) groups is 2. The first-order chi connectivity index (χ1) is 9.20. The van der Waals surface area contributed by atoms with Crippen LogP contribution in [0.4, 0.5) is 4.79 Å². The Kier molecular flexibility index (Phi) is 5.39. The van der Waals surface area contributed by atoms with Gasteiger partial charge in [0.05, 0.1) is 5.41 Å². The quantitative estimate of drug-likeness (QED) is 0.776. The number of carboxylic acid groups (broad SMARTS) is 1. The second kappa shape index (κ2) is 6.43. The van der Waals surface area contributed by atoms with Crippen LogP contribution < -0.4 is 5.32 Å². The first-order valence-electron chi connectivity index (χ1n) is 6.95. The van der Waals surface area contributed by atoms with Crippen molar-refractivity contribution in [3.8, 4) is 0 Å². The minimum atomic E-state index is -0.840. The number of nitrogens with zero attached hydrogens (tertiary/aromatic N) is 1. The molecule has 0 aromatic rings. The number of nitrogens with one attached hydrogen (secondary N) is 1. The molecule has 6 nitrogen and oxygen atoms in total. The Morgan fingerprint density at radius 3 is 2.60 bits per heavy atom. The minimum Gasteiger partial charge on any atom is -0.481 e. The predicted octanol–water partition coefficient (Wildman–Crippen LogP) is 1.56. The molecule has 0 radical (unpaired) electrons. The van der Waals surface area contributed by atoms with E-state index in [0.717, 1.165) is 6.42 Å². The largest absolute Gasteiger partial charge is 0.481 e. The van der Waals surface area contributed by atoms with Gasteiger partial charge >= 0.3 is 12.0 Å². The van der Waals surface area contributed by atoms with Gasteiger partial charge in [0.1, 0.15) is 0 Å². The van der Waals surface area contributed by atoms with Crippen molar-refractivity contribution in [1.82, 2.24) is 10.2 Å². The molecule has 0 aromatic heterocycles. The van der Waals surface area contributed by atoms with E-state index in [4.69, 9.17) is 9.84 Å². The highest BCUT2D eigenvalue weighted by atomic mass is 16.5. The zero-order valence-corrected chi connectivity index (χ0v) is 12.9. The summed E-state index contributed by atoms with van der Waals surface area (Å²) in [6.07, 6.45) is 1.36. The Bertz CT molecular complexity index is 370. The number of hydrogen-bond donors (Lipinski definition) is 2. The molecular formula is C14H26N2O4. The summed E-state index contributed by atoms with van der Waals surface area (Å²) in [4.78, 5) is 24.8. The summed E-state index contributed by atoms with van der Waals surface area (Å²) in [5, 5.41) is 12.0. The van der Waals surface area contributed by atoms with Crippen LogP contribution in [-0.2, 0) is 9.53 Å². The third-order valence-corrected chi connectivity index (χ3v) is 3.98. The topological polar surface area (TPSA) is 78.9 Å². The van der Waals surface area contributed by atoms with Crippen LogP contribution in [0.2, 0.25) is 0 Å². The highest BCUT2D eigenvalue weighted by molar-refractivity contribution is 5.79. The van der Waals surface area contributed by atoms with E-state index < -0.39 is 11.4 Å². The first kappa shape index (κ1) is 16.8. The van der Waals surface area contributed by atoms with Gasteiger partial charge in [-0.15, -0.1) is 0 Å². The lowest BCUT2D eigenvalue weighted by Gasteiger charge is -2.27. The van der Waals surface area contributed by atoms with Crippen LogP contribution >= 0.6 is 0 Å². The van der Waals surface area contributed by atoms with Gasteiger partial charge in [-0.25, -0.2) is 4.79 Å². The maximum absolute atomic E-state index is 12.1. The SMILES string of the molecule is COCCC(C)(C)CNC(=O)N1CCC(C)(C(=O)O)C1. The van der Waals surface area contributed by atoms with Gasteiger partial charge in [0.2, 0.25) is 0 Å². The van der Waals surface area contributed by atoms with Crippen LogP contribution in [0.3, 0.4) is 0 Å². The van der Waals surface area contributed by atoms with Crippen LogP contribution in [0, 0.1) is 10.8 Å². The van der Waals surface area contributed by atoms with Crippen molar-refractivity contribution in [2.75, 3.05) is 33.4 Å². The Balaban J connectivity index is 2.43. The van der Waals surface area contributed by atoms with Crippen molar-refractivity contribution >= 4 is 12.0 Å². The van der Waals surface area contributed by atoms with Crippen molar-refractivity contribution in [1.29, 1.82) is 0 Å². The van der Waals surface area contributed by atoms with Gasteiger partial charge in [-0.3, -0.25) is 4.79 Å². The van der Waals surface area contributed by atoms with E-state index in [1.165, 1.54) is 0 Å². The highest BCUT2D eigenvalue weighted by Gasteiger charge is 2.42. The summed E-state index contributed by atoms with van der Waals surface area (Å²) in [5.41, 5.74) is -0.857. The van der Waals surface area contributed by atoms with Crippen molar-refractivity contribution in [3.05, 3.63) is 0 Å². The number of amides is 2. The number of urea groups is 1. The molecule has 0 spiro atoms. The number of carboxylic acids is 1. The molecule has 1 atom stereocenters. The highest BCUT2D eigenvalue weighted by Crippen LogP contribution is 2.30. The van der Waals surface area contributed by atoms with E-state index >= 15 is 0 Å². The van der Waals surface area contributed by atoms with Crippen LogP contribution in [0.5, 0.6) is 0 Å². The van der Waals surface area contributed by atoms with Gasteiger partial charge in [0.15, 0.2) is 0 Å². The molecule has 2 amide bonds. The monoisotopic (exact) mass is 286 g/mol. The molecule has 0 aromatic carbocycles. The average molecular weight is 286 g/mol. The molecule has 1 heterocycles. The average Bonchev–Trinajstić information content (AvgIpc) is 2.78. The molecule has 1 aliphatic rings. The predicted molar refractivity (Wildman–Crippen MR) is 75.6 cm³/mol. The second-order valence-corrected chi connectivity index (χ2v) is 6.60. The third-order valence-electron chi connectivity index (χ3n) is 3.98. The molecule has 20 heavy (non-hydrogen) atoms. The van der Waals surface area contributed by atoms with Gasteiger partial charge < -0.3 is 20.1 Å². The Labute approximate surface area is 120 Å². The standard InChI is InChI=1S/C14H26N2O4/c1-13(2,6-8-20-4)9-15-12(19)16-7-5-14(3,10-16)11(17)18/h5-10H2,1-4H3,(H,15,19)(H,17,18). The molecule has 1 rings (SSSR count). The lowest BCUT2D eigenvalue weighted by molar-refractivity contribution is -0.147. The first-order valence-corrected chi connectivity index (χ1v) is 6.95. The Morgan fingerprint density at radius 2 is 2.10 bits per heavy atom. The van der Waals surface area contributed by atoms with Crippen molar-refractivity contribution < 1.29 is 19.4 Å². The molecule has 0 saturated carbocycles. The molecule has 6 heteroatoms. The summed E-state index contributed by atoms with van der Waals surface area (Å²) in [6, 6.07) is -0.180. The molecule has 2 N–H and O–H groups in total. The summed E-state index contributed by atoms with van der Waals surface area (Å²) >= 11 is 0. The third kappa shape index (κ3) is 4.37. The fraction of sp³-hybridized carbons (Fsp3) is 0.857. The Morgan fingerprint density at radius 1 is 1.45 bits per heavy atom. The number of carbonyl (C=O) groups excluding carboxylic acids is 1. The van der Waals surface area contributed by atoms with Crippen molar-refractivity contribution in [2.24, 2.45) is 10.8 Å². The van der Waals surface area contributed by atoms with Gasteiger partial charge in [-0.2, -0.15) is 0 Å². The number of methoxy groups -OCH3 is 1. The van der Waals surface area contributed by atoms with E-state index in [9.17, 15) is 9.59 Å². The van der Waals surface area contributed by atoms with Crippen molar-refractivity contribution in [2.45, 2.75) is 33.6 Å². The smallest absolute Gasteiger partial charge is 0.317 e. The maximum Gasteiger partial charge on any atom is 0.317 e. The number of hydrogen-bond acceptors (Lipinski definition) is 3. The minimum absolute atomic E-state index is 0.0402. The second-order valence-electron chi connectivity index (χ2n) is 6.60. The maximum atomic E-state index is 12.1. The number of likely N-dealkylation sites (tertiary alicyclic amines) is 1. The molecule has 1 fully saturated rings. The fourth-order valence-electron chi connectivity index (χ4n) is 2.20. The lowest BCUT2D eigenvalue weighted by Crippen LogP contribution is -2.44. The van der Waals surface area contributed by atoms with Gasteiger partial charge in [-0.1, -0.05) is 13.8 Å². The fourth-order valence-corrected chi connectivity index (χ4v) is 2.20. The molecular weight excluding hydrogens is 260 g/mol. The zero-order chi connectivity index (χ0) is 15.4. The lowest BCUT2D eigenvalue weighted by atomic mass is 9.90. The number of ether oxygens (including phenoxy) is 1. The van der Waals surface area contributed by atoms with Crippen molar-refractivity contribution in [3.63, 3.8) is 0 Å². The summed E-state index contributed by atoms with van der Waals surface area (Å²) in [7, 11) is 1.66. The van der Waals surface area contributed by atoms with E-state index in [1.807, 2.05) is 0 Å². The molecule has 1 saturated heterocycles.